The van der Waals surface area contributed by atoms with Crippen LogP contribution in [0.3, 0.4) is 0 Å². The first-order valence-electron chi connectivity index (χ1n) is 5.81. The van der Waals surface area contributed by atoms with Crippen molar-refractivity contribution in [3.05, 3.63) is 34.3 Å². The molecule has 0 bridgehead atoms. The van der Waals surface area contributed by atoms with E-state index < -0.39 is 0 Å². The highest BCUT2D eigenvalue weighted by atomic mass is 79.9. The summed E-state index contributed by atoms with van der Waals surface area (Å²) in [5.74, 6) is 0.879. The van der Waals surface area contributed by atoms with Crippen LogP contribution >= 0.6 is 27.9 Å². The maximum absolute atomic E-state index is 3.48. The largest absolute Gasteiger partial charge is 0.251 e. The predicted octanol–water partition coefficient (Wildman–Crippen LogP) is 3.98. The number of nitrogens with zero attached hydrogens (tertiary/aromatic N) is 1. The summed E-state index contributed by atoms with van der Waals surface area (Å²) in [6.45, 7) is 2.50. The Hall–Kier alpha value is 0.01000. The average Bonchev–Trinajstić information content (AvgIpc) is 2.33. The topological polar surface area (TPSA) is 3.24 Å². The van der Waals surface area contributed by atoms with Crippen LogP contribution in [0.15, 0.2) is 28.7 Å². The van der Waals surface area contributed by atoms with Crippen LogP contribution in [0.5, 0.6) is 0 Å². The van der Waals surface area contributed by atoms with Gasteiger partial charge in [-0.15, -0.1) is 0 Å². The van der Waals surface area contributed by atoms with Crippen molar-refractivity contribution < 1.29 is 0 Å². The highest BCUT2D eigenvalue weighted by molar-refractivity contribution is 9.10. The lowest BCUT2D eigenvalue weighted by atomic mass is 9.91. The average molecular weight is 300 g/mol. The SMILES string of the molecule is CSN1CCC(Cc2ccc(Br)cc2)CC1. The van der Waals surface area contributed by atoms with Gasteiger partial charge in [0.05, 0.1) is 0 Å². The smallest absolute Gasteiger partial charge is 0.0175 e. The molecule has 0 atom stereocenters. The van der Waals surface area contributed by atoms with Crippen molar-refractivity contribution in [1.29, 1.82) is 0 Å². The molecule has 0 aromatic heterocycles. The molecule has 88 valence electrons. The monoisotopic (exact) mass is 299 g/mol. The molecule has 16 heavy (non-hydrogen) atoms. The van der Waals surface area contributed by atoms with Crippen LogP contribution in [0.2, 0.25) is 0 Å². The Morgan fingerprint density at radius 1 is 1.25 bits per heavy atom. The maximum atomic E-state index is 3.48. The summed E-state index contributed by atoms with van der Waals surface area (Å²) < 4.78 is 3.64. The fourth-order valence-electron chi connectivity index (χ4n) is 2.25. The van der Waals surface area contributed by atoms with Crippen molar-refractivity contribution in [2.75, 3.05) is 19.3 Å². The molecule has 1 saturated heterocycles. The maximum Gasteiger partial charge on any atom is 0.0175 e. The van der Waals surface area contributed by atoms with E-state index in [1.807, 2.05) is 11.9 Å². The summed E-state index contributed by atoms with van der Waals surface area (Å²) in [7, 11) is 0. The molecule has 0 aliphatic carbocycles. The molecule has 1 aromatic rings. The van der Waals surface area contributed by atoms with Gasteiger partial charge >= 0.3 is 0 Å². The Labute approximate surface area is 111 Å². The molecule has 0 amide bonds. The first-order valence-corrected chi connectivity index (χ1v) is 7.79. The van der Waals surface area contributed by atoms with E-state index in [-0.39, 0.29) is 0 Å². The van der Waals surface area contributed by atoms with Crippen molar-refractivity contribution in [1.82, 2.24) is 4.31 Å². The Morgan fingerprint density at radius 3 is 2.44 bits per heavy atom. The van der Waals surface area contributed by atoms with Crippen LogP contribution < -0.4 is 0 Å². The molecule has 1 fully saturated rings. The summed E-state index contributed by atoms with van der Waals surface area (Å²) in [5.41, 5.74) is 1.48. The van der Waals surface area contributed by atoms with E-state index in [0.29, 0.717) is 0 Å². The van der Waals surface area contributed by atoms with Gasteiger partial charge in [-0.3, -0.25) is 4.31 Å². The van der Waals surface area contributed by atoms with Crippen molar-refractivity contribution >= 4 is 27.9 Å². The van der Waals surface area contributed by atoms with Crippen LogP contribution in [-0.2, 0) is 6.42 Å². The lowest BCUT2D eigenvalue weighted by Crippen LogP contribution is -2.29. The van der Waals surface area contributed by atoms with E-state index in [1.165, 1.54) is 42.4 Å². The highest BCUT2D eigenvalue weighted by Gasteiger charge is 2.18. The zero-order chi connectivity index (χ0) is 11.4. The van der Waals surface area contributed by atoms with Crippen molar-refractivity contribution in [2.45, 2.75) is 19.3 Å². The molecule has 0 N–H and O–H groups in total. The quantitative estimate of drug-likeness (QED) is 0.777. The van der Waals surface area contributed by atoms with Crippen LogP contribution in [0.25, 0.3) is 0 Å². The van der Waals surface area contributed by atoms with Crippen molar-refractivity contribution in [3.63, 3.8) is 0 Å². The van der Waals surface area contributed by atoms with Gasteiger partial charge in [0, 0.05) is 17.6 Å². The molecule has 0 saturated carbocycles. The van der Waals surface area contributed by atoms with Crippen LogP contribution in [0, 0.1) is 5.92 Å². The fraction of sp³-hybridized carbons (Fsp3) is 0.538. The second-order valence-electron chi connectivity index (χ2n) is 4.39. The minimum Gasteiger partial charge on any atom is -0.251 e. The van der Waals surface area contributed by atoms with Crippen LogP contribution in [0.4, 0.5) is 0 Å². The number of halogens is 1. The molecule has 1 aliphatic heterocycles. The van der Waals surface area contributed by atoms with E-state index in [1.54, 1.807) is 0 Å². The van der Waals surface area contributed by atoms with Gasteiger partial charge < -0.3 is 0 Å². The molecular formula is C13H18BrNS. The van der Waals surface area contributed by atoms with Gasteiger partial charge in [-0.25, -0.2) is 0 Å². The third-order valence-electron chi connectivity index (χ3n) is 3.27. The molecule has 0 unspecified atom stereocenters. The lowest BCUT2D eigenvalue weighted by Gasteiger charge is -2.30. The first kappa shape index (κ1) is 12.5. The predicted molar refractivity (Wildman–Crippen MR) is 75.7 cm³/mol. The summed E-state index contributed by atoms with van der Waals surface area (Å²) >= 11 is 5.36. The molecule has 2 rings (SSSR count). The lowest BCUT2D eigenvalue weighted by molar-refractivity contribution is 0.291. The second-order valence-corrected chi connectivity index (χ2v) is 6.18. The number of benzene rings is 1. The Bertz CT molecular complexity index is 317. The van der Waals surface area contributed by atoms with Crippen molar-refractivity contribution in [3.8, 4) is 0 Å². The minimum absolute atomic E-state index is 0.879. The molecule has 0 radical (unpaired) electrons. The van der Waals surface area contributed by atoms with E-state index in [9.17, 15) is 0 Å². The number of piperidine rings is 1. The van der Waals surface area contributed by atoms with Gasteiger partial charge in [0.1, 0.15) is 0 Å². The molecule has 1 heterocycles. The fourth-order valence-corrected chi connectivity index (χ4v) is 3.09. The van der Waals surface area contributed by atoms with E-state index in [4.69, 9.17) is 0 Å². The first-order chi connectivity index (χ1) is 7.78. The highest BCUT2D eigenvalue weighted by Crippen LogP contribution is 2.24. The minimum atomic E-state index is 0.879. The van der Waals surface area contributed by atoms with E-state index in [0.717, 1.165) is 5.92 Å². The Morgan fingerprint density at radius 2 is 1.88 bits per heavy atom. The van der Waals surface area contributed by atoms with E-state index >= 15 is 0 Å². The summed E-state index contributed by atoms with van der Waals surface area (Å²) in [5, 5.41) is 0. The summed E-state index contributed by atoms with van der Waals surface area (Å²) in [6, 6.07) is 8.77. The van der Waals surface area contributed by atoms with Crippen LogP contribution in [-0.4, -0.2) is 23.7 Å². The standard InChI is InChI=1S/C13H18BrNS/c1-16-15-8-6-12(7-9-15)10-11-2-4-13(14)5-3-11/h2-5,12H,6-10H2,1H3. The normalized spacial score (nSPS) is 18.9. The van der Waals surface area contributed by atoms with Gasteiger partial charge in [-0.05, 0) is 49.1 Å². The van der Waals surface area contributed by atoms with Gasteiger partial charge in [-0.2, -0.15) is 0 Å². The van der Waals surface area contributed by atoms with Gasteiger partial charge in [0.2, 0.25) is 0 Å². The number of rotatable bonds is 3. The van der Waals surface area contributed by atoms with Gasteiger partial charge in [-0.1, -0.05) is 40.0 Å². The third-order valence-corrected chi connectivity index (χ3v) is 4.68. The van der Waals surface area contributed by atoms with E-state index in [2.05, 4.69) is 50.8 Å². The van der Waals surface area contributed by atoms with Gasteiger partial charge in [0.25, 0.3) is 0 Å². The molecule has 3 heteroatoms. The Kier molecular flexibility index (Phi) is 4.74. The zero-order valence-electron chi connectivity index (χ0n) is 9.66. The molecular weight excluding hydrogens is 282 g/mol. The van der Waals surface area contributed by atoms with Crippen molar-refractivity contribution in [2.24, 2.45) is 5.92 Å². The number of hydrogen-bond acceptors (Lipinski definition) is 2. The molecule has 0 spiro atoms. The molecule has 1 aromatic carbocycles. The molecule has 1 aliphatic rings. The van der Waals surface area contributed by atoms with Gasteiger partial charge in [0.15, 0.2) is 0 Å². The number of hydrogen-bond donors (Lipinski definition) is 0. The summed E-state index contributed by atoms with van der Waals surface area (Å²) in [4.78, 5) is 0. The Balaban J connectivity index is 1.84. The summed E-state index contributed by atoms with van der Waals surface area (Å²) in [6.07, 6.45) is 6.11. The zero-order valence-corrected chi connectivity index (χ0v) is 12.1. The third kappa shape index (κ3) is 3.51. The second kappa shape index (κ2) is 6.08. The molecule has 1 nitrogen and oxygen atoms in total. The van der Waals surface area contributed by atoms with Crippen LogP contribution in [0.1, 0.15) is 18.4 Å².